The molecule has 0 aliphatic carbocycles. The minimum atomic E-state index is 0.278. The second kappa shape index (κ2) is 3.09. The fraction of sp³-hybridized carbons (Fsp3) is 0.300. The second-order valence-electron chi connectivity index (χ2n) is 3.32. The van der Waals surface area contributed by atoms with Crippen molar-refractivity contribution in [2.24, 2.45) is 5.10 Å². The predicted molar refractivity (Wildman–Crippen MR) is 51.7 cm³/mol. The van der Waals surface area contributed by atoms with Gasteiger partial charge in [-0.1, -0.05) is 12.1 Å². The Morgan fingerprint density at radius 3 is 2.62 bits per heavy atom. The number of benzene rings is 1. The lowest BCUT2D eigenvalue weighted by atomic mass is 10.0. The Morgan fingerprint density at radius 1 is 1.38 bits per heavy atom. The SMILES string of the molecule is CC1=NN[C@@H](c2ccc(O)cc2)C1. The number of hydrogen-bond acceptors (Lipinski definition) is 3. The van der Waals surface area contributed by atoms with Crippen molar-refractivity contribution in [3.63, 3.8) is 0 Å². The van der Waals surface area contributed by atoms with E-state index in [0.717, 1.165) is 12.1 Å². The number of hydrogen-bond donors (Lipinski definition) is 2. The standard InChI is InChI=1S/C10H12N2O/c1-7-6-10(12-11-7)8-2-4-9(13)5-3-8/h2-5,10,12-13H,6H2,1H3/t10-/m1/s1. The molecule has 1 heterocycles. The topological polar surface area (TPSA) is 44.6 Å². The highest BCUT2D eigenvalue weighted by Gasteiger charge is 2.16. The summed E-state index contributed by atoms with van der Waals surface area (Å²) in [6, 6.07) is 7.51. The summed E-state index contributed by atoms with van der Waals surface area (Å²) in [5, 5.41) is 13.2. The predicted octanol–water partition coefficient (Wildman–Crippen LogP) is 1.80. The third-order valence-corrected chi connectivity index (χ3v) is 2.21. The van der Waals surface area contributed by atoms with Crippen LogP contribution < -0.4 is 5.43 Å². The summed E-state index contributed by atoms with van der Waals surface area (Å²) < 4.78 is 0. The molecule has 68 valence electrons. The molecule has 3 nitrogen and oxygen atoms in total. The Hall–Kier alpha value is -1.51. The van der Waals surface area contributed by atoms with Crippen LogP contribution >= 0.6 is 0 Å². The maximum absolute atomic E-state index is 9.10. The molecule has 1 aromatic carbocycles. The Balaban J connectivity index is 2.14. The third-order valence-electron chi connectivity index (χ3n) is 2.21. The summed E-state index contributed by atoms with van der Waals surface area (Å²) in [6.45, 7) is 2.01. The normalized spacial score (nSPS) is 21.0. The monoisotopic (exact) mass is 176 g/mol. The van der Waals surface area contributed by atoms with Gasteiger partial charge in [0.2, 0.25) is 0 Å². The number of hydrazone groups is 1. The van der Waals surface area contributed by atoms with Gasteiger partial charge in [-0.3, -0.25) is 0 Å². The van der Waals surface area contributed by atoms with Crippen molar-refractivity contribution in [2.75, 3.05) is 0 Å². The van der Waals surface area contributed by atoms with Crippen LogP contribution in [-0.4, -0.2) is 10.8 Å². The van der Waals surface area contributed by atoms with Crippen LogP contribution in [0.5, 0.6) is 5.75 Å². The maximum atomic E-state index is 9.10. The minimum absolute atomic E-state index is 0.278. The molecule has 13 heavy (non-hydrogen) atoms. The molecule has 0 fully saturated rings. The first kappa shape index (κ1) is 8.10. The first-order valence-electron chi connectivity index (χ1n) is 4.33. The Kier molecular flexibility index (Phi) is 1.93. The Bertz CT molecular complexity index is 329. The molecule has 0 radical (unpaired) electrons. The number of nitrogens with one attached hydrogen (secondary N) is 1. The average Bonchev–Trinajstić information content (AvgIpc) is 2.53. The van der Waals surface area contributed by atoms with Crippen molar-refractivity contribution in [2.45, 2.75) is 19.4 Å². The van der Waals surface area contributed by atoms with Crippen molar-refractivity contribution in [3.8, 4) is 5.75 Å². The van der Waals surface area contributed by atoms with Gasteiger partial charge in [-0.15, -0.1) is 0 Å². The lowest BCUT2D eigenvalue weighted by molar-refractivity contribution is 0.474. The minimum Gasteiger partial charge on any atom is -0.508 e. The van der Waals surface area contributed by atoms with Gasteiger partial charge >= 0.3 is 0 Å². The highest BCUT2D eigenvalue weighted by molar-refractivity contribution is 5.83. The van der Waals surface area contributed by atoms with E-state index < -0.39 is 0 Å². The van der Waals surface area contributed by atoms with Crippen LogP contribution in [0.2, 0.25) is 0 Å². The first-order valence-corrected chi connectivity index (χ1v) is 4.33. The molecule has 2 N–H and O–H groups in total. The molecule has 0 amide bonds. The summed E-state index contributed by atoms with van der Waals surface area (Å²) in [5.74, 6) is 0.305. The molecule has 1 aliphatic rings. The van der Waals surface area contributed by atoms with Crippen LogP contribution in [0.4, 0.5) is 0 Å². The number of phenols is 1. The van der Waals surface area contributed by atoms with Gasteiger partial charge in [-0.2, -0.15) is 5.10 Å². The average molecular weight is 176 g/mol. The van der Waals surface area contributed by atoms with Crippen LogP contribution in [0.1, 0.15) is 24.9 Å². The maximum Gasteiger partial charge on any atom is 0.115 e. The Labute approximate surface area is 77.1 Å². The molecule has 3 heteroatoms. The van der Waals surface area contributed by atoms with Gasteiger partial charge in [-0.05, 0) is 24.6 Å². The molecule has 2 rings (SSSR count). The van der Waals surface area contributed by atoms with E-state index in [4.69, 9.17) is 5.11 Å². The fourth-order valence-electron chi connectivity index (χ4n) is 1.47. The molecule has 0 saturated heterocycles. The van der Waals surface area contributed by atoms with E-state index >= 15 is 0 Å². The summed E-state index contributed by atoms with van der Waals surface area (Å²) in [4.78, 5) is 0. The molecule has 0 saturated carbocycles. The first-order chi connectivity index (χ1) is 6.25. The zero-order valence-corrected chi connectivity index (χ0v) is 7.49. The fourth-order valence-corrected chi connectivity index (χ4v) is 1.47. The van der Waals surface area contributed by atoms with Gasteiger partial charge < -0.3 is 10.5 Å². The van der Waals surface area contributed by atoms with Gasteiger partial charge in [-0.25, -0.2) is 0 Å². The zero-order valence-electron chi connectivity index (χ0n) is 7.49. The molecule has 0 bridgehead atoms. The summed E-state index contributed by atoms with van der Waals surface area (Å²) in [6.07, 6.45) is 0.949. The van der Waals surface area contributed by atoms with Crippen molar-refractivity contribution < 1.29 is 5.11 Å². The molecule has 1 atom stereocenters. The van der Waals surface area contributed by atoms with E-state index in [9.17, 15) is 0 Å². The van der Waals surface area contributed by atoms with E-state index in [2.05, 4.69) is 10.5 Å². The van der Waals surface area contributed by atoms with Crippen molar-refractivity contribution >= 4 is 5.71 Å². The van der Waals surface area contributed by atoms with Gasteiger partial charge in [0.25, 0.3) is 0 Å². The quantitative estimate of drug-likeness (QED) is 0.685. The molecular weight excluding hydrogens is 164 g/mol. The number of phenolic OH excluding ortho intramolecular Hbond substituents is 1. The molecule has 1 aromatic rings. The van der Waals surface area contributed by atoms with Crippen LogP contribution in [0.3, 0.4) is 0 Å². The van der Waals surface area contributed by atoms with Crippen molar-refractivity contribution in [1.82, 2.24) is 5.43 Å². The van der Waals surface area contributed by atoms with E-state index in [1.54, 1.807) is 12.1 Å². The number of rotatable bonds is 1. The van der Waals surface area contributed by atoms with Crippen molar-refractivity contribution in [3.05, 3.63) is 29.8 Å². The number of aromatic hydroxyl groups is 1. The van der Waals surface area contributed by atoms with Gasteiger partial charge in [0.05, 0.1) is 6.04 Å². The third kappa shape index (κ3) is 1.64. The highest BCUT2D eigenvalue weighted by Crippen LogP contribution is 2.22. The second-order valence-corrected chi connectivity index (χ2v) is 3.32. The smallest absolute Gasteiger partial charge is 0.115 e. The zero-order chi connectivity index (χ0) is 9.26. The summed E-state index contributed by atoms with van der Waals surface area (Å²) in [5.41, 5.74) is 5.34. The Morgan fingerprint density at radius 2 is 2.08 bits per heavy atom. The molecule has 0 aromatic heterocycles. The number of nitrogens with zero attached hydrogens (tertiary/aromatic N) is 1. The van der Waals surface area contributed by atoms with Crippen LogP contribution in [0, 0.1) is 0 Å². The van der Waals surface area contributed by atoms with Crippen LogP contribution in [-0.2, 0) is 0 Å². The summed E-state index contributed by atoms with van der Waals surface area (Å²) in [7, 11) is 0. The van der Waals surface area contributed by atoms with Gasteiger partial charge in [0.1, 0.15) is 5.75 Å². The lowest BCUT2D eigenvalue weighted by Gasteiger charge is -2.09. The summed E-state index contributed by atoms with van der Waals surface area (Å²) >= 11 is 0. The molecule has 1 aliphatic heterocycles. The largest absolute Gasteiger partial charge is 0.508 e. The van der Waals surface area contributed by atoms with E-state index in [1.807, 2.05) is 19.1 Å². The molecule has 0 unspecified atom stereocenters. The lowest BCUT2D eigenvalue weighted by Crippen LogP contribution is -2.09. The van der Waals surface area contributed by atoms with E-state index in [-0.39, 0.29) is 6.04 Å². The van der Waals surface area contributed by atoms with E-state index in [1.165, 1.54) is 5.56 Å². The van der Waals surface area contributed by atoms with Crippen molar-refractivity contribution in [1.29, 1.82) is 0 Å². The van der Waals surface area contributed by atoms with Gasteiger partial charge in [0.15, 0.2) is 0 Å². The van der Waals surface area contributed by atoms with Gasteiger partial charge in [0, 0.05) is 12.1 Å². The molecule has 0 spiro atoms. The highest BCUT2D eigenvalue weighted by atomic mass is 16.3. The van der Waals surface area contributed by atoms with Crippen LogP contribution in [0.25, 0.3) is 0 Å². The molecular formula is C10H12N2O. The van der Waals surface area contributed by atoms with E-state index in [0.29, 0.717) is 5.75 Å². The van der Waals surface area contributed by atoms with Crippen LogP contribution in [0.15, 0.2) is 29.4 Å².